The maximum absolute atomic E-state index is 5.62. The van der Waals surface area contributed by atoms with E-state index < -0.39 is 0 Å². The Kier molecular flexibility index (Phi) is 3.63. The van der Waals surface area contributed by atoms with Crippen molar-refractivity contribution in [2.75, 3.05) is 17.7 Å². The first-order chi connectivity index (χ1) is 8.09. The van der Waals surface area contributed by atoms with Gasteiger partial charge < -0.3 is 10.6 Å². The Morgan fingerprint density at radius 2 is 2.29 bits per heavy atom. The van der Waals surface area contributed by atoms with Gasteiger partial charge >= 0.3 is 0 Å². The molecule has 0 radical (unpaired) electrons. The lowest BCUT2D eigenvalue weighted by atomic mass is 10.2. The van der Waals surface area contributed by atoms with Crippen LogP contribution in [0.4, 0.5) is 11.8 Å². The molecule has 90 valence electrons. The molecule has 0 aliphatic heterocycles. The van der Waals surface area contributed by atoms with Gasteiger partial charge in [-0.3, -0.25) is 0 Å². The van der Waals surface area contributed by atoms with Crippen molar-refractivity contribution in [1.29, 1.82) is 0 Å². The van der Waals surface area contributed by atoms with E-state index in [4.69, 9.17) is 5.73 Å². The largest absolute Gasteiger partial charge is 0.368 e. The highest BCUT2D eigenvalue weighted by molar-refractivity contribution is 9.10. The summed E-state index contributed by atoms with van der Waals surface area (Å²) in [4.78, 5) is 11.6. The first-order valence-electron chi connectivity index (χ1n) is 5.14. The lowest BCUT2D eigenvalue weighted by Gasteiger charge is -2.25. The summed E-state index contributed by atoms with van der Waals surface area (Å²) in [5, 5.41) is 2.07. The minimum atomic E-state index is 0.251. The number of aromatic nitrogens is 2. The predicted octanol–water partition coefficient (Wildman–Crippen LogP) is 3.08. The van der Waals surface area contributed by atoms with Crippen molar-refractivity contribution in [1.82, 2.24) is 9.97 Å². The van der Waals surface area contributed by atoms with E-state index in [1.165, 1.54) is 4.88 Å². The molecule has 1 atom stereocenters. The third kappa shape index (κ3) is 2.58. The van der Waals surface area contributed by atoms with Gasteiger partial charge in [-0.1, -0.05) is 6.07 Å². The van der Waals surface area contributed by atoms with Crippen LogP contribution in [-0.4, -0.2) is 17.0 Å². The van der Waals surface area contributed by atoms with E-state index in [-0.39, 0.29) is 12.0 Å². The fourth-order valence-corrected chi connectivity index (χ4v) is 2.82. The third-order valence-electron chi connectivity index (χ3n) is 2.61. The van der Waals surface area contributed by atoms with Crippen LogP contribution in [-0.2, 0) is 0 Å². The molecule has 2 aromatic rings. The minimum absolute atomic E-state index is 0.251. The lowest BCUT2D eigenvalue weighted by Crippen LogP contribution is -2.22. The molecule has 17 heavy (non-hydrogen) atoms. The van der Waals surface area contributed by atoms with Crippen LogP contribution in [0.1, 0.15) is 17.8 Å². The molecule has 2 N–H and O–H groups in total. The fourth-order valence-electron chi connectivity index (χ4n) is 1.52. The first kappa shape index (κ1) is 12.3. The number of anilines is 2. The van der Waals surface area contributed by atoms with E-state index in [0.717, 1.165) is 10.3 Å². The van der Waals surface area contributed by atoms with Gasteiger partial charge in [0.1, 0.15) is 5.82 Å². The Bertz CT molecular complexity index is 500. The summed E-state index contributed by atoms with van der Waals surface area (Å²) in [6, 6.07) is 4.42. The molecule has 0 bridgehead atoms. The Balaban J connectivity index is 2.30. The average Bonchev–Trinajstić information content (AvgIpc) is 2.84. The quantitative estimate of drug-likeness (QED) is 0.946. The second-order valence-corrected chi connectivity index (χ2v) is 5.54. The Hall–Kier alpha value is -1.14. The van der Waals surface area contributed by atoms with Crippen LogP contribution in [0.3, 0.4) is 0 Å². The molecule has 2 aromatic heterocycles. The molecule has 0 aliphatic rings. The summed E-state index contributed by atoms with van der Waals surface area (Å²) in [5.74, 6) is 1.09. The summed E-state index contributed by atoms with van der Waals surface area (Å²) in [6.45, 7) is 2.14. The van der Waals surface area contributed by atoms with Crippen molar-refractivity contribution < 1.29 is 0 Å². The van der Waals surface area contributed by atoms with Gasteiger partial charge in [0, 0.05) is 18.1 Å². The van der Waals surface area contributed by atoms with Crippen LogP contribution < -0.4 is 10.6 Å². The van der Waals surface area contributed by atoms with Gasteiger partial charge in [-0.25, -0.2) is 4.98 Å². The molecule has 4 nitrogen and oxygen atoms in total. The average molecular weight is 313 g/mol. The minimum Gasteiger partial charge on any atom is -0.368 e. The monoisotopic (exact) mass is 312 g/mol. The zero-order chi connectivity index (χ0) is 12.4. The van der Waals surface area contributed by atoms with Gasteiger partial charge in [-0.15, -0.1) is 11.3 Å². The van der Waals surface area contributed by atoms with Crippen molar-refractivity contribution >= 4 is 39.0 Å². The summed E-state index contributed by atoms with van der Waals surface area (Å²) in [6.07, 6.45) is 1.68. The second-order valence-electron chi connectivity index (χ2n) is 3.70. The van der Waals surface area contributed by atoms with Crippen LogP contribution in [0, 0.1) is 0 Å². The van der Waals surface area contributed by atoms with E-state index in [0.29, 0.717) is 0 Å². The third-order valence-corrected chi connectivity index (χ3v) is 4.22. The number of nitrogens with zero attached hydrogens (tertiary/aromatic N) is 3. The van der Waals surface area contributed by atoms with E-state index in [1.54, 1.807) is 17.5 Å². The van der Waals surface area contributed by atoms with E-state index in [2.05, 4.69) is 49.2 Å². The molecule has 1 unspecified atom stereocenters. The van der Waals surface area contributed by atoms with Gasteiger partial charge in [-0.05, 0) is 34.3 Å². The molecule has 2 heterocycles. The summed E-state index contributed by atoms with van der Waals surface area (Å²) in [5.41, 5.74) is 5.62. The van der Waals surface area contributed by atoms with Crippen LogP contribution in [0.15, 0.2) is 28.2 Å². The summed E-state index contributed by atoms with van der Waals surface area (Å²) >= 11 is 5.18. The van der Waals surface area contributed by atoms with Crippen LogP contribution in [0.25, 0.3) is 0 Å². The number of nitrogen functional groups attached to an aromatic ring is 1. The number of hydrogen-bond acceptors (Lipinski definition) is 5. The molecular formula is C11H13BrN4S. The number of halogens is 1. The normalized spacial score (nSPS) is 12.4. The molecule has 0 fully saturated rings. The Morgan fingerprint density at radius 1 is 1.53 bits per heavy atom. The maximum Gasteiger partial charge on any atom is 0.222 e. The summed E-state index contributed by atoms with van der Waals surface area (Å²) in [7, 11) is 2.00. The molecular weight excluding hydrogens is 300 g/mol. The number of rotatable bonds is 3. The number of hydrogen-bond donors (Lipinski definition) is 1. The Labute approximate surface area is 113 Å². The van der Waals surface area contributed by atoms with Crippen LogP contribution >= 0.6 is 27.3 Å². The highest BCUT2D eigenvalue weighted by Gasteiger charge is 2.17. The molecule has 0 amide bonds. The molecule has 0 aromatic carbocycles. The van der Waals surface area contributed by atoms with E-state index in [1.807, 2.05) is 13.1 Å². The van der Waals surface area contributed by atoms with Crippen LogP contribution in [0.5, 0.6) is 0 Å². The van der Waals surface area contributed by atoms with Crippen molar-refractivity contribution in [2.45, 2.75) is 13.0 Å². The maximum atomic E-state index is 5.62. The topological polar surface area (TPSA) is 55.0 Å². The van der Waals surface area contributed by atoms with Crippen molar-refractivity contribution in [3.8, 4) is 0 Å². The molecule has 6 heteroatoms. The van der Waals surface area contributed by atoms with Crippen molar-refractivity contribution in [3.63, 3.8) is 0 Å². The molecule has 0 spiro atoms. The van der Waals surface area contributed by atoms with Gasteiger partial charge in [0.05, 0.1) is 10.5 Å². The first-order valence-corrected chi connectivity index (χ1v) is 6.81. The lowest BCUT2D eigenvalue weighted by molar-refractivity contribution is 0.739. The highest BCUT2D eigenvalue weighted by Crippen LogP contribution is 2.31. The van der Waals surface area contributed by atoms with E-state index in [9.17, 15) is 0 Å². The smallest absolute Gasteiger partial charge is 0.222 e. The second kappa shape index (κ2) is 5.01. The molecule has 0 aliphatic carbocycles. The fraction of sp³-hybridized carbons (Fsp3) is 0.273. The highest BCUT2D eigenvalue weighted by atomic mass is 79.9. The van der Waals surface area contributed by atoms with Gasteiger partial charge in [0.15, 0.2) is 0 Å². The van der Waals surface area contributed by atoms with Crippen molar-refractivity contribution in [2.24, 2.45) is 0 Å². The van der Waals surface area contributed by atoms with Gasteiger partial charge in [-0.2, -0.15) is 4.98 Å². The zero-order valence-corrected chi connectivity index (χ0v) is 12.0. The van der Waals surface area contributed by atoms with Gasteiger partial charge in [0.2, 0.25) is 5.95 Å². The van der Waals surface area contributed by atoms with Gasteiger partial charge in [0.25, 0.3) is 0 Å². The standard InChI is InChI=1S/C11H13BrN4S/c1-7(9-4-3-5-17-9)16(2)10-8(12)6-14-11(13)15-10/h3-7H,1-2H3,(H2,13,14,15). The molecule has 0 saturated heterocycles. The molecule has 2 rings (SSSR count). The zero-order valence-electron chi connectivity index (χ0n) is 9.59. The number of nitrogens with two attached hydrogens (primary N) is 1. The van der Waals surface area contributed by atoms with Crippen LogP contribution in [0.2, 0.25) is 0 Å². The molecule has 0 saturated carbocycles. The number of thiophene rings is 1. The van der Waals surface area contributed by atoms with E-state index >= 15 is 0 Å². The predicted molar refractivity (Wildman–Crippen MR) is 75.3 cm³/mol. The van der Waals surface area contributed by atoms with Crippen molar-refractivity contribution in [3.05, 3.63) is 33.1 Å². The summed E-state index contributed by atoms with van der Waals surface area (Å²) < 4.78 is 0.845. The Morgan fingerprint density at radius 3 is 2.94 bits per heavy atom. The SMILES string of the molecule is CC(c1cccs1)N(C)c1nc(N)ncc1Br.